The summed E-state index contributed by atoms with van der Waals surface area (Å²) in [5.41, 5.74) is 1.09. The van der Waals surface area contributed by atoms with Crippen LogP contribution in [-0.4, -0.2) is 42.2 Å². The summed E-state index contributed by atoms with van der Waals surface area (Å²) in [4.78, 5) is 18.5. The summed E-state index contributed by atoms with van der Waals surface area (Å²) >= 11 is 9.48. The highest BCUT2D eigenvalue weighted by molar-refractivity contribution is 9.10. The SMILES string of the molecule is COc1ccc(-c2noc(CN(C)C(=O)c3cc(Br)ccc3Cl)n2)cc1OC. The molecule has 28 heavy (non-hydrogen) atoms. The average Bonchev–Trinajstić information content (AvgIpc) is 3.17. The van der Waals surface area contributed by atoms with Gasteiger partial charge in [0.2, 0.25) is 11.7 Å². The Morgan fingerprint density at radius 1 is 1.18 bits per heavy atom. The molecule has 2 aromatic carbocycles. The normalized spacial score (nSPS) is 10.6. The number of nitrogens with zero attached hydrogens (tertiary/aromatic N) is 3. The monoisotopic (exact) mass is 465 g/mol. The summed E-state index contributed by atoms with van der Waals surface area (Å²) in [6.07, 6.45) is 0. The fourth-order valence-electron chi connectivity index (χ4n) is 2.55. The third-order valence-corrected chi connectivity index (χ3v) is 4.81. The molecule has 3 aromatic rings. The van der Waals surface area contributed by atoms with E-state index in [1.54, 1.807) is 57.7 Å². The van der Waals surface area contributed by atoms with Crippen LogP contribution in [0.4, 0.5) is 0 Å². The minimum absolute atomic E-state index is 0.141. The number of aromatic nitrogens is 2. The molecule has 0 aliphatic heterocycles. The maximum Gasteiger partial charge on any atom is 0.255 e. The molecule has 1 heterocycles. The van der Waals surface area contributed by atoms with Gasteiger partial charge in [0.15, 0.2) is 11.5 Å². The number of amides is 1. The molecule has 0 fully saturated rings. The van der Waals surface area contributed by atoms with E-state index in [4.69, 9.17) is 25.6 Å². The summed E-state index contributed by atoms with van der Waals surface area (Å²) < 4.78 is 16.6. The Labute approximate surface area is 175 Å². The number of rotatable bonds is 6. The van der Waals surface area contributed by atoms with Crippen molar-refractivity contribution in [3.05, 3.63) is 57.3 Å². The van der Waals surface area contributed by atoms with Gasteiger partial charge in [-0.2, -0.15) is 4.98 Å². The van der Waals surface area contributed by atoms with Crippen molar-refractivity contribution < 1.29 is 18.8 Å². The molecule has 9 heteroatoms. The maximum absolute atomic E-state index is 12.7. The second-order valence-electron chi connectivity index (χ2n) is 5.87. The second-order valence-corrected chi connectivity index (χ2v) is 7.19. The highest BCUT2D eigenvalue weighted by Crippen LogP contribution is 2.31. The zero-order valence-corrected chi connectivity index (χ0v) is 17.7. The van der Waals surface area contributed by atoms with Crippen LogP contribution in [0.1, 0.15) is 16.2 Å². The summed E-state index contributed by atoms with van der Waals surface area (Å²) in [5.74, 6) is 1.59. The van der Waals surface area contributed by atoms with Gasteiger partial charge in [0.25, 0.3) is 5.91 Å². The molecule has 1 aromatic heterocycles. The van der Waals surface area contributed by atoms with E-state index in [0.29, 0.717) is 39.4 Å². The molecular weight excluding hydrogens is 450 g/mol. The summed E-state index contributed by atoms with van der Waals surface area (Å²) in [7, 11) is 4.76. The van der Waals surface area contributed by atoms with Crippen molar-refractivity contribution in [1.29, 1.82) is 0 Å². The summed E-state index contributed by atoms with van der Waals surface area (Å²) in [6.45, 7) is 0.141. The first kappa shape index (κ1) is 20.2. The van der Waals surface area contributed by atoms with Gasteiger partial charge in [-0.3, -0.25) is 4.79 Å². The highest BCUT2D eigenvalue weighted by atomic mass is 79.9. The molecule has 0 unspecified atom stereocenters. The molecule has 0 bridgehead atoms. The van der Waals surface area contributed by atoms with E-state index < -0.39 is 0 Å². The molecule has 3 rings (SSSR count). The fraction of sp³-hybridized carbons (Fsp3) is 0.211. The van der Waals surface area contributed by atoms with Crippen LogP contribution < -0.4 is 9.47 Å². The quantitative estimate of drug-likeness (QED) is 0.534. The number of carbonyl (C=O) groups excluding carboxylic acids is 1. The van der Waals surface area contributed by atoms with E-state index in [9.17, 15) is 4.79 Å². The van der Waals surface area contributed by atoms with E-state index >= 15 is 0 Å². The number of carbonyl (C=O) groups is 1. The van der Waals surface area contributed by atoms with Gasteiger partial charge in [0, 0.05) is 17.1 Å². The van der Waals surface area contributed by atoms with Gasteiger partial charge in [-0.25, -0.2) is 0 Å². The van der Waals surface area contributed by atoms with Crippen molar-refractivity contribution in [2.45, 2.75) is 6.54 Å². The Balaban J connectivity index is 1.77. The van der Waals surface area contributed by atoms with Crippen molar-refractivity contribution >= 4 is 33.4 Å². The fourth-order valence-corrected chi connectivity index (χ4v) is 3.11. The van der Waals surface area contributed by atoms with Crippen LogP contribution in [0.15, 0.2) is 45.4 Å². The van der Waals surface area contributed by atoms with Crippen molar-refractivity contribution in [2.24, 2.45) is 0 Å². The zero-order chi connectivity index (χ0) is 20.3. The predicted octanol–water partition coefficient (Wildman–Crippen LogP) is 4.44. The topological polar surface area (TPSA) is 77.7 Å². The summed E-state index contributed by atoms with van der Waals surface area (Å²) in [5, 5.41) is 4.35. The minimum atomic E-state index is -0.253. The number of halogens is 2. The van der Waals surface area contributed by atoms with E-state index in [0.717, 1.165) is 4.47 Å². The molecule has 7 nitrogen and oxygen atoms in total. The second kappa shape index (κ2) is 8.62. The van der Waals surface area contributed by atoms with Crippen molar-refractivity contribution in [2.75, 3.05) is 21.3 Å². The van der Waals surface area contributed by atoms with Gasteiger partial charge >= 0.3 is 0 Å². The molecular formula is C19H17BrClN3O4. The largest absolute Gasteiger partial charge is 0.493 e. The van der Waals surface area contributed by atoms with E-state index in [1.165, 1.54) is 4.90 Å². The van der Waals surface area contributed by atoms with Gasteiger partial charge in [-0.1, -0.05) is 32.7 Å². The molecule has 146 valence electrons. The molecule has 0 aliphatic carbocycles. The van der Waals surface area contributed by atoms with Crippen LogP contribution in [-0.2, 0) is 6.54 Å². The molecule has 0 aliphatic rings. The first-order valence-electron chi connectivity index (χ1n) is 8.18. The van der Waals surface area contributed by atoms with Crippen LogP contribution in [0, 0.1) is 0 Å². The third kappa shape index (κ3) is 4.28. The van der Waals surface area contributed by atoms with E-state index in [1.807, 2.05) is 0 Å². The smallest absolute Gasteiger partial charge is 0.255 e. The average molecular weight is 467 g/mol. The highest BCUT2D eigenvalue weighted by Gasteiger charge is 2.19. The van der Waals surface area contributed by atoms with Gasteiger partial charge < -0.3 is 18.9 Å². The van der Waals surface area contributed by atoms with E-state index in [2.05, 4.69) is 26.1 Å². The number of benzene rings is 2. The molecule has 1 amide bonds. The lowest BCUT2D eigenvalue weighted by Crippen LogP contribution is -2.26. The number of hydrogen-bond acceptors (Lipinski definition) is 6. The minimum Gasteiger partial charge on any atom is -0.493 e. The molecule has 0 atom stereocenters. The van der Waals surface area contributed by atoms with Crippen LogP contribution in [0.3, 0.4) is 0 Å². The Kier molecular flexibility index (Phi) is 6.21. The van der Waals surface area contributed by atoms with Gasteiger partial charge in [-0.05, 0) is 36.4 Å². The van der Waals surface area contributed by atoms with Crippen LogP contribution in [0.25, 0.3) is 11.4 Å². The van der Waals surface area contributed by atoms with Gasteiger partial charge in [0.1, 0.15) is 0 Å². The molecule has 0 spiro atoms. The van der Waals surface area contributed by atoms with Crippen molar-refractivity contribution in [1.82, 2.24) is 15.0 Å². The molecule has 0 saturated carbocycles. The maximum atomic E-state index is 12.7. The lowest BCUT2D eigenvalue weighted by molar-refractivity contribution is 0.0769. The molecule has 0 N–H and O–H groups in total. The van der Waals surface area contributed by atoms with E-state index in [-0.39, 0.29) is 12.5 Å². The summed E-state index contributed by atoms with van der Waals surface area (Å²) in [6, 6.07) is 10.4. The number of hydrogen-bond donors (Lipinski definition) is 0. The van der Waals surface area contributed by atoms with Crippen molar-refractivity contribution in [3.8, 4) is 22.9 Å². The lowest BCUT2D eigenvalue weighted by Gasteiger charge is -2.15. The first-order valence-corrected chi connectivity index (χ1v) is 9.35. The Morgan fingerprint density at radius 3 is 2.64 bits per heavy atom. The molecule has 0 saturated heterocycles. The number of methoxy groups -OCH3 is 2. The first-order chi connectivity index (χ1) is 13.4. The Morgan fingerprint density at radius 2 is 1.93 bits per heavy atom. The van der Waals surface area contributed by atoms with Crippen LogP contribution >= 0.6 is 27.5 Å². The van der Waals surface area contributed by atoms with Crippen molar-refractivity contribution in [3.63, 3.8) is 0 Å². The Hall–Kier alpha value is -2.58. The van der Waals surface area contributed by atoms with Gasteiger partial charge in [0.05, 0.1) is 31.4 Å². The Bertz CT molecular complexity index is 1010. The lowest BCUT2D eigenvalue weighted by atomic mass is 10.2. The molecule has 0 radical (unpaired) electrons. The standard InChI is InChI=1S/C19H17BrClN3O4/c1-24(19(25)13-9-12(20)5-6-14(13)21)10-17-22-18(23-28-17)11-4-7-15(26-2)16(8-11)27-3/h4-9H,10H2,1-3H3. The zero-order valence-electron chi connectivity index (χ0n) is 15.4. The van der Waals surface area contributed by atoms with Gasteiger partial charge in [-0.15, -0.1) is 0 Å². The predicted molar refractivity (Wildman–Crippen MR) is 108 cm³/mol. The van der Waals surface area contributed by atoms with Crippen LogP contribution in [0.2, 0.25) is 5.02 Å². The third-order valence-electron chi connectivity index (χ3n) is 3.99. The van der Waals surface area contributed by atoms with Crippen LogP contribution in [0.5, 0.6) is 11.5 Å². The number of ether oxygens (including phenoxy) is 2.